The van der Waals surface area contributed by atoms with E-state index in [4.69, 9.17) is 20.4 Å². The monoisotopic (exact) mass is 654 g/mol. The van der Waals surface area contributed by atoms with Gasteiger partial charge in [-0.3, -0.25) is 0 Å². The van der Waals surface area contributed by atoms with Crippen LogP contribution in [0.2, 0.25) is 0 Å². The summed E-state index contributed by atoms with van der Waals surface area (Å²) in [5, 5.41) is 91.7. The van der Waals surface area contributed by atoms with Crippen LogP contribution in [0.5, 0.6) is 0 Å². The first-order valence-electron chi connectivity index (χ1n) is 9.12. The summed E-state index contributed by atoms with van der Waals surface area (Å²) in [6, 6.07) is 0. The molecule has 0 aliphatic heterocycles. The van der Waals surface area contributed by atoms with E-state index in [9.17, 15) is 30.6 Å². The van der Waals surface area contributed by atoms with Crippen molar-refractivity contribution in [2.75, 3.05) is 40.4 Å². The quantitative estimate of drug-likeness (QED) is 0.0541. The van der Waals surface area contributed by atoms with Crippen LogP contribution < -0.4 is 0 Å². The molecule has 0 saturated heterocycles. The Morgan fingerprint density at radius 3 is 1.00 bits per heavy atom. The predicted octanol–water partition coefficient (Wildman–Crippen LogP) is -5.63. The smallest absolute Gasteiger partial charge is 0.411 e. The van der Waals surface area contributed by atoms with Crippen molar-refractivity contribution in [2.45, 2.75) is 48.8 Å². The van der Waals surface area contributed by atoms with Crippen LogP contribution in [0.25, 0.3) is 0 Å². The summed E-state index contributed by atoms with van der Waals surface area (Å²) < 4.78 is 0.229. The van der Waals surface area contributed by atoms with Gasteiger partial charge in [0.15, 0.2) is 0 Å². The average Bonchev–Trinajstić information content (AvgIpc) is 2.75. The molecule has 0 bridgehead atoms. The number of likely N-dealkylation sites (N-methyl/N-ethyl adjacent to an activating group) is 2. The Hall–Kier alpha value is 0.742. The van der Waals surface area contributed by atoms with Gasteiger partial charge in [-0.05, 0) is 0 Å². The standard InChI is InChI=1S/2C8H17NO5S2.Cd/c2*1-9(8(15)16)2-4(11)6(13)7(14)5(12)3-10;/h2*4-7,10-14H,2-3H2,1H3,(H,15,16);/q;;+2/p-2. The van der Waals surface area contributed by atoms with Crippen LogP contribution in [-0.2, 0) is 52.6 Å². The third-order valence-corrected chi connectivity index (χ3v) is 5.44. The molecule has 8 unspecified atom stereocenters. The van der Waals surface area contributed by atoms with Gasteiger partial charge < -0.3 is 111 Å². The molecule has 10 N–H and O–H groups in total. The summed E-state index contributed by atoms with van der Waals surface area (Å²) in [5.74, 6) is 0. The Kier molecular flexibility index (Phi) is 23.1. The average molecular weight is 653 g/mol. The number of hydrogen-bond acceptors (Lipinski definition) is 14. The van der Waals surface area contributed by atoms with Crippen LogP contribution >= 0.6 is 24.4 Å². The van der Waals surface area contributed by atoms with E-state index in [1.165, 1.54) is 23.9 Å². The molecule has 8 atom stereocenters. The predicted molar refractivity (Wildman–Crippen MR) is 127 cm³/mol. The maximum atomic E-state index is 9.50. The van der Waals surface area contributed by atoms with Gasteiger partial charge in [0.1, 0.15) is 36.6 Å². The van der Waals surface area contributed by atoms with E-state index in [1.54, 1.807) is 0 Å². The first-order valence-corrected chi connectivity index (χ1v) is 10.8. The summed E-state index contributed by atoms with van der Waals surface area (Å²) in [5.41, 5.74) is 0. The van der Waals surface area contributed by atoms with E-state index in [0.717, 1.165) is 0 Å². The second-order valence-corrected chi connectivity index (χ2v) is 8.95. The Morgan fingerprint density at radius 1 is 0.606 bits per heavy atom. The van der Waals surface area contributed by atoms with Crippen molar-refractivity contribution in [3.05, 3.63) is 0 Å². The molecule has 0 radical (unpaired) electrons. The van der Waals surface area contributed by atoms with E-state index in [1.807, 2.05) is 0 Å². The van der Waals surface area contributed by atoms with Crippen molar-refractivity contribution in [3.63, 3.8) is 0 Å². The zero-order valence-electron chi connectivity index (χ0n) is 18.2. The molecule has 0 amide bonds. The van der Waals surface area contributed by atoms with Crippen molar-refractivity contribution >= 4 is 58.3 Å². The molecule has 0 fully saturated rings. The van der Waals surface area contributed by atoms with Gasteiger partial charge in [0.2, 0.25) is 0 Å². The second kappa shape index (κ2) is 19.9. The molecule has 0 aromatic rings. The number of aliphatic hydroxyl groups excluding tert-OH is 10. The van der Waals surface area contributed by atoms with Gasteiger partial charge in [0, 0.05) is 27.2 Å². The first kappa shape index (κ1) is 38.3. The summed E-state index contributed by atoms with van der Waals surface area (Å²) in [6.45, 7) is -1.56. The maximum absolute atomic E-state index is 9.50. The number of aliphatic hydroxyl groups is 10. The van der Waals surface area contributed by atoms with E-state index in [0.29, 0.717) is 0 Å². The summed E-state index contributed by atoms with van der Waals surface area (Å²) in [7, 11) is 3.06. The largest absolute Gasteiger partial charge is 2.00 e. The number of rotatable bonds is 12. The SMILES string of the molecule is CN(CC(O)C(O)C(O)C(O)CO)C(=S)[S-].CN(CC(O)C(O)C(O)C(O)CO)C(=S)[S-].[Cd+2]. The second-order valence-electron chi connectivity index (χ2n) is 6.89. The van der Waals surface area contributed by atoms with Crippen molar-refractivity contribution in [1.82, 2.24) is 9.80 Å². The maximum Gasteiger partial charge on any atom is 2.00 e. The van der Waals surface area contributed by atoms with Crippen LogP contribution in [0.1, 0.15) is 0 Å². The third kappa shape index (κ3) is 15.5. The molecule has 0 saturated carbocycles. The van der Waals surface area contributed by atoms with Crippen LogP contribution in [0.3, 0.4) is 0 Å². The van der Waals surface area contributed by atoms with Crippen LogP contribution in [0, 0.1) is 0 Å². The number of hydrogen-bond donors (Lipinski definition) is 10. The fraction of sp³-hybridized carbons (Fsp3) is 0.875. The molecular formula is C16H32CdN2O10S4. The zero-order valence-corrected chi connectivity index (χ0v) is 25.5. The summed E-state index contributed by atoms with van der Waals surface area (Å²) in [6.07, 6.45) is -12.1. The molecule has 0 aromatic carbocycles. The molecule has 12 nitrogen and oxygen atoms in total. The Labute approximate surface area is 234 Å². The topological polar surface area (TPSA) is 209 Å². The molecule has 0 aromatic heterocycles. The summed E-state index contributed by atoms with van der Waals surface area (Å²) >= 11 is 18.6. The van der Waals surface area contributed by atoms with Gasteiger partial charge in [-0.15, -0.1) is 0 Å². The normalized spacial score (nSPS) is 18.1. The van der Waals surface area contributed by atoms with Gasteiger partial charge in [-0.1, -0.05) is 8.64 Å². The number of nitrogens with zero attached hydrogens (tertiary/aromatic N) is 2. The minimum absolute atomic E-state index is 0. The van der Waals surface area contributed by atoms with Crippen molar-refractivity contribution < 1.29 is 78.4 Å². The minimum Gasteiger partial charge on any atom is -0.411 e. The molecule has 0 heterocycles. The van der Waals surface area contributed by atoms with Crippen LogP contribution in [0.4, 0.5) is 0 Å². The Morgan fingerprint density at radius 2 is 0.818 bits per heavy atom. The van der Waals surface area contributed by atoms with E-state index in [-0.39, 0.29) is 49.0 Å². The molecule has 0 spiro atoms. The van der Waals surface area contributed by atoms with Crippen LogP contribution in [0.15, 0.2) is 0 Å². The molecule has 0 aliphatic rings. The zero-order chi connectivity index (χ0) is 25.8. The van der Waals surface area contributed by atoms with Crippen LogP contribution in [-0.4, -0.2) is 159 Å². The van der Waals surface area contributed by atoms with Crippen molar-refractivity contribution in [3.8, 4) is 0 Å². The van der Waals surface area contributed by atoms with E-state index in [2.05, 4.69) is 49.7 Å². The first-order chi connectivity index (χ1) is 14.6. The Balaban J connectivity index is -0.000000529. The molecule has 192 valence electrons. The summed E-state index contributed by atoms with van der Waals surface area (Å²) in [4.78, 5) is 2.69. The van der Waals surface area contributed by atoms with E-state index >= 15 is 0 Å². The van der Waals surface area contributed by atoms with Crippen molar-refractivity contribution in [2.24, 2.45) is 0 Å². The fourth-order valence-electron chi connectivity index (χ4n) is 2.05. The molecule has 0 rings (SSSR count). The molecule has 33 heavy (non-hydrogen) atoms. The third-order valence-electron chi connectivity index (χ3n) is 4.20. The molecular weight excluding hydrogens is 621 g/mol. The van der Waals surface area contributed by atoms with Gasteiger partial charge >= 0.3 is 27.3 Å². The van der Waals surface area contributed by atoms with E-state index < -0.39 is 62.0 Å². The van der Waals surface area contributed by atoms with Crippen molar-refractivity contribution in [1.29, 1.82) is 0 Å². The van der Waals surface area contributed by atoms with Gasteiger partial charge in [0.05, 0.1) is 25.4 Å². The fourth-order valence-corrected chi connectivity index (χ4v) is 2.35. The molecule has 0 aliphatic carbocycles. The minimum atomic E-state index is -1.63. The van der Waals surface area contributed by atoms with Gasteiger partial charge in [0.25, 0.3) is 0 Å². The molecule has 17 heteroatoms. The number of thiocarbonyl (C=S) groups is 2. The Bertz CT molecular complexity index is 513. The van der Waals surface area contributed by atoms with Gasteiger partial charge in [-0.2, -0.15) is 0 Å². The van der Waals surface area contributed by atoms with Gasteiger partial charge in [-0.25, -0.2) is 0 Å².